The molecule has 0 amide bonds. The predicted molar refractivity (Wildman–Crippen MR) is 80.6 cm³/mol. The summed E-state index contributed by atoms with van der Waals surface area (Å²) in [6.45, 7) is 7.09. The second kappa shape index (κ2) is 5.50. The number of hydrogen-bond acceptors (Lipinski definition) is 5. The van der Waals surface area contributed by atoms with Gasteiger partial charge < -0.3 is 9.32 Å². The summed E-state index contributed by atoms with van der Waals surface area (Å²) in [5.74, 6) is 0. The lowest BCUT2D eigenvalue weighted by Gasteiger charge is -2.21. The molecule has 0 unspecified atom stereocenters. The van der Waals surface area contributed by atoms with Crippen LogP contribution in [0.15, 0.2) is 32.3 Å². The molecule has 0 saturated carbocycles. The predicted octanol–water partition coefficient (Wildman–Crippen LogP) is 2.19. The van der Waals surface area contributed by atoms with Crippen molar-refractivity contribution in [3.8, 4) is 0 Å². The number of aryl methyl sites for hydroxylation is 1. The van der Waals surface area contributed by atoms with Gasteiger partial charge in [-0.25, -0.2) is 4.79 Å². The molecule has 0 radical (unpaired) electrons. The summed E-state index contributed by atoms with van der Waals surface area (Å²) >= 11 is 0. The fourth-order valence-corrected chi connectivity index (χ4v) is 3.16. The summed E-state index contributed by atoms with van der Waals surface area (Å²) in [4.78, 5) is 13.2. The van der Waals surface area contributed by atoms with Gasteiger partial charge in [0.05, 0.1) is 0 Å². The van der Waals surface area contributed by atoms with Gasteiger partial charge in [-0.2, -0.15) is 8.42 Å². The molecule has 114 valence electrons. The van der Waals surface area contributed by atoms with Crippen LogP contribution >= 0.6 is 0 Å². The number of anilines is 1. The van der Waals surface area contributed by atoms with Crippen LogP contribution in [0, 0.1) is 6.92 Å². The minimum atomic E-state index is -4.61. The first-order valence-electron chi connectivity index (χ1n) is 6.59. The molecule has 1 aromatic carbocycles. The van der Waals surface area contributed by atoms with Crippen molar-refractivity contribution in [2.45, 2.75) is 25.7 Å². The molecule has 1 aromatic heterocycles. The van der Waals surface area contributed by atoms with Crippen LogP contribution in [0.3, 0.4) is 0 Å². The van der Waals surface area contributed by atoms with Gasteiger partial charge in [-0.15, -0.1) is 0 Å². The Morgan fingerprint density at radius 1 is 1.24 bits per heavy atom. The molecule has 0 spiro atoms. The van der Waals surface area contributed by atoms with Gasteiger partial charge in [0.15, 0.2) is 4.90 Å². The highest BCUT2D eigenvalue weighted by atomic mass is 32.2. The second-order valence-electron chi connectivity index (χ2n) is 4.67. The van der Waals surface area contributed by atoms with Crippen LogP contribution in [0.1, 0.15) is 19.4 Å². The van der Waals surface area contributed by atoms with Crippen molar-refractivity contribution in [2.75, 3.05) is 18.0 Å². The number of fused-ring (bicyclic) bond motifs is 1. The lowest BCUT2D eigenvalue weighted by Crippen LogP contribution is -2.21. The van der Waals surface area contributed by atoms with E-state index in [0.29, 0.717) is 11.0 Å². The molecule has 0 saturated heterocycles. The van der Waals surface area contributed by atoms with Crippen molar-refractivity contribution in [1.29, 1.82) is 0 Å². The van der Waals surface area contributed by atoms with Crippen LogP contribution in [-0.2, 0) is 10.1 Å². The summed E-state index contributed by atoms with van der Waals surface area (Å²) in [7, 11) is -4.61. The number of rotatable bonds is 4. The Labute approximate surface area is 122 Å². The zero-order chi connectivity index (χ0) is 15.8. The standard InChI is InChI=1S/C14H17NO5S/c1-4-15(5-2)10-6-7-11-9(3)13(21(17,18)19)14(16)20-12(11)8-10/h6-8H,4-5H2,1-3H3,(H,17,18,19). The monoisotopic (exact) mass is 311 g/mol. The highest BCUT2D eigenvalue weighted by Gasteiger charge is 2.22. The van der Waals surface area contributed by atoms with E-state index in [4.69, 9.17) is 8.97 Å². The van der Waals surface area contributed by atoms with Gasteiger partial charge >= 0.3 is 15.7 Å². The van der Waals surface area contributed by atoms with E-state index in [9.17, 15) is 13.2 Å². The van der Waals surface area contributed by atoms with Crippen molar-refractivity contribution >= 4 is 26.8 Å². The van der Waals surface area contributed by atoms with Gasteiger partial charge in [0.25, 0.3) is 0 Å². The van der Waals surface area contributed by atoms with Crippen LogP contribution in [0.5, 0.6) is 0 Å². The maximum atomic E-state index is 11.8. The van der Waals surface area contributed by atoms with Crippen LogP contribution in [0.25, 0.3) is 11.0 Å². The Morgan fingerprint density at radius 3 is 2.38 bits per heavy atom. The van der Waals surface area contributed by atoms with E-state index in [1.54, 1.807) is 12.1 Å². The Kier molecular flexibility index (Phi) is 4.06. The fourth-order valence-electron chi connectivity index (χ4n) is 2.41. The lowest BCUT2D eigenvalue weighted by atomic mass is 10.1. The number of nitrogens with zero attached hydrogens (tertiary/aromatic N) is 1. The van der Waals surface area contributed by atoms with E-state index in [1.165, 1.54) is 6.92 Å². The molecular formula is C14H17NO5S. The summed E-state index contributed by atoms with van der Waals surface area (Å²) in [6.07, 6.45) is 0. The van der Waals surface area contributed by atoms with E-state index in [-0.39, 0.29) is 5.56 Å². The number of hydrogen-bond donors (Lipinski definition) is 1. The van der Waals surface area contributed by atoms with Gasteiger partial charge in [-0.05, 0) is 38.5 Å². The molecule has 0 atom stereocenters. The summed E-state index contributed by atoms with van der Waals surface area (Å²) < 4.78 is 36.7. The Bertz CT molecular complexity index is 834. The molecule has 7 heteroatoms. The van der Waals surface area contributed by atoms with Crippen LogP contribution in [0.2, 0.25) is 0 Å². The first kappa shape index (κ1) is 15.5. The maximum absolute atomic E-state index is 11.8. The van der Waals surface area contributed by atoms with E-state index in [0.717, 1.165) is 18.8 Å². The molecule has 1 heterocycles. The summed E-state index contributed by atoms with van der Waals surface area (Å²) in [6, 6.07) is 5.22. The number of benzene rings is 1. The van der Waals surface area contributed by atoms with E-state index >= 15 is 0 Å². The van der Waals surface area contributed by atoms with Gasteiger partial charge in [0.1, 0.15) is 5.58 Å². The SMILES string of the molecule is CCN(CC)c1ccc2c(C)c(S(=O)(=O)O)c(=O)oc2c1. The van der Waals surface area contributed by atoms with Gasteiger partial charge in [0, 0.05) is 30.2 Å². The van der Waals surface area contributed by atoms with Crippen molar-refractivity contribution in [3.63, 3.8) is 0 Å². The van der Waals surface area contributed by atoms with Crippen molar-refractivity contribution in [3.05, 3.63) is 34.2 Å². The largest absolute Gasteiger partial charge is 0.422 e. The van der Waals surface area contributed by atoms with Gasteiger partial charge in [0.2, 0.25) is 0 Å². The maximum Gasteiger partial charge on any atom is 0.357 e. The van der Waals surface area contributed by atoms with Crippen molar-refractivity contribution in [1.82, 2.24) is 0 Å². The Balaban J connectivity index is 2.76. The third-order valence-electron chi connectivity index (χ3n) is 3.48. The average molecular weight is 311 g/mol. The van der Waals surface area contributed by atoms with Gasteiger partial charge in [-0.3, -0.25) is 4.55 Å². The molecule has 6 nitrogen and oxygen atoms in total. The summed E-state index contributed by atoms with van der Waals surface area (Å²) in [5, 5.41) is 0.484. The third-order valence-corrected chi connectivity index (χ3v) is 4.47. The highest BCUT2D eigenvalue weighted by molar-refractivity contribution is 7.85. The fraction of sp³-hybridized carbons (Fsp3) is 0.357. The third kappa shape index (κ3) is 2.79. The smallest absolute Gasteiger partial charge is 0.357 e. The highest BCUT2D eigenvalue weighted by Crippen LogP contribution is 2.26. The quantitative estimate of drug-likeness (QED) is 0.688. The zero-order valence-electron chi connectivity index (χ0n) is 12.1. The first-order valence-corrected chi connectivity index (χ1v) is 8.03. The lowest BCUT2D eigenvalue weighted by molar-refractivity contribution is 0.469. The average Bonchev–Trinajstić information content (AvgIpc) is 2.38. The molecular weight excluding hydrogens is 294 g/mol. The molecule has 21 heavy (non-hydrogen) atoms. The molecule has 0 fully saturated rings. The molecule has 0 aliphatic heterocycles. The molecule has 1 N–H and O–H groups in total. The first-order chi connectivity index (χ1) is 9.79. The zero-order valence-corrected chi connectivity index (χ0v) is 12.9. The Hall–Kier alpha value is -1.86. The van der Waals surface area contributed by atoms with E-state index in [2.05, 4.69) is 4.90 Å². The van der Waals surface area contributed by atoms with Crippen LogP contribution in [-0.4, -0.2) is 26.1 Å². The molecule has 2 aromatic rings. The van der Waals surface area contributed by atoms with Gasteiger partial charge in [-0.1, -0.05) is 0 Å². The minimum Gasteiger partial charge on any atom is -0.422 e. The van der Waals surface area contributed by atoms with E-state index < -0.39 is 20.6 Å². The van der Waals surface area contributed by atoms with Crippen LogP contribution in [0.4, 0.5) is 5.69 Å². The minimum absolute atomic E-state index is 0.190. The second-order valence-corrected chi connectivity index (χ2v) is 6.03. The van der Waals surface area contributed by atoms with Crippen LogP contribution < -0.4 is 10.5 Å². The molecule has 2 rings (SSSR count). The normalized spacial score (nSPS) is 11.8. The van der Waals surface area contributed by atoms with Crippen molar-refractivity contribution in [2.24, 2.45) is 0 Å². The molecule has 0 aliphatic carbocycles. The molecule has 0 aliphatic rings. The van der Waals surface area contributed by atoms with E-state index in [1.807, 2.05) is 19.9 Å². The summed E-state index contributed by atoms with van der Waals surface area (Å²) in [5.41, 5.74) is 0.318. The van der Waals surface area contributed by atoms with Crippen molar-refractivity contribution < 1.29 is 17.4 Å². The Morgan fingerprint density at radius 2 is 1.86 bits per heavy atom. The molecule has 0 bridgehead atoms. The topological polar surface area (TPSA) is 87.8 Å².